The first-order valence-corrected chi connectivity index (χ1v) is 8.43. The smallest absolute Gasteiger partial charge is 0.320 e. The summed E-state index contributed by atoms with van der Waals surface area (Å²) in [6.07, 6.45) is 4.28. The van der Waals surface area contributed by atoms with E-state index in [1.165, 1.54) is 0 Å². The van der Waals surface area contributed by atoms with E-state index in [1.54, 1.807) is 20.8 Å². The molecule has 1 aliphatic rings. The Morgan fingerprint density at radius 1 is 1.17 bits per heavy atom. The molecule has 0 aromatic heterocycles. The maximum absolute atomic E-state index is 11.9. The normalized spacial score (nSPS) is 18.6. The lowest BCUT2D eigenvalue weighted by molar-refractivity contribution is -0.168. The molecule has 1 fully saturated rings. The number of carbonyl (C=O) groups is 2. The van der Waals surface area contributed by atoms with Crippen molar-refractivity contribution in [1.82, 2.24) is 0 Å². The molecule has 0 radical (unpaired) electrons. The minimum atomic E-state index is -1.12. The number of unbranched alkanes of at least 4 members (excludes halogenated alkanes) is 2. The first-order chi connectivity index (χ1) is 10.7. The third-order valence-corrected chi connectivity index (χ3v) is 3.89. The number of hydrogen-bond acceptors (Lipinski definition) is 5. The Morgan fingerprint density at radius 2 is 1.78 bits per heavy atom. The molecule has 0 aromatic carbocycles. The predicted molar refractivity (Wildman–Crippen MR) is 85.0 cm³/mol. The number of esters is 1. The summed E-state index contributed by atoms with van der Waals surface area (Å²) in [6, 6.07) is 0. The van der Waals surface area contributed by atoms with Gasteiger partial charge in [-0.1, -0.05) is 19.8 Å². The predicted octanol–water partition coefficient (Wildman–Crippen LogP) is 3.13. The van der Waals surface area contributed by atoms with Gasteiger partial charge in [-0.25, -0.2) is 0 Å². The summed E-state index contributed by atoms with van der Waals surface area (Å²) in [4.78, 5) is 23.2. The van der Waals surface area contributed by atoms with E-state index in [4.69, 9.17) is 14.2 Å². The van der Waals surface area contributed by atoms with Crippen LogP contribution in [0.3, 0.4) is 0 Å². The van der Waals surface area contributed by atoms with Crippen molar-refractivity contribution in [3.05, 3.63) is 0 Å². The fraction of sp³-hybridized carbons (Fsp3) is 0.882. The molecule has 1 saturated heterocycles. The van der Waals surface area contributed by atoms with Crippen molar-refractivity contribution in [2.45, 2.75) is 77.6 Å². The maximum Gasteiger partial charge on any atom is 0.320 e. The highest BCUT2D eigenvalue weighted by Crippen LogP contribution is 2.29. The van der Waals surface area contributed by atoms with E-state index < -0.39 is 29.2 Å². The van der Waals surface area contributed by atoms with Gasteiger partial charge in [0, 0.05) is 6.42 Å². The van der Waals surface area contributed by atoms with Gasteiger partial charge in [-0.2, -0.15) is 0 Å². The zero-order valence-corrected chi connectivity index (χ0v) is 14.7. The van der Waals surface area contributed by atoms with E-state index in [0.717, 1.165) is 25.7 Å². The van der Waals surface area contributed by atoms with Crippen molar-refractivity contribution >= 4 is 11.9 Å². The highest BCUT2D eigenvalue weighted by molar-refractivity contribution is 5.94. The molecule has 1 aliphatic heterocycles. The van der Waals surface area contributed by atoms with Gasteiger partial charge in [0.25, 0.3) is 0 Å². The number of carbonyl (C=O) groups excluding carboxylic acids is 1. The fourth-order valence-corrected chi connectivity index (χ4v) is 2.66. The quantitative estimate of drug-likeness (QED) is 0.397. The summed E-state index contributed by atoms with van der Waals surface area (Å²) in [5.41, 5.74) is -0.671. The molecule has 134 valence electrons. The van der Waals surface area contributed by atoms with E-state index in [-0.39, 0.29) is 0 Å². The largest absolute Gasteiger partial charge is 0.481 e. The molecule has 6 nitrogen and oxygen atoms in total. The molecule has 1 rings (SSSR count). The Labute approximate surface area is 138 Å². The van der Waals surface area contributed by atoms with Crippen LogP contribution < -0.4 is 0 Å². The van der Waals surface area contributed by atoms with Crippen LogP contribution in [0.1, 0.15) is 66.2 Å². The van der Waals surface area contributed by atoms with Gasteiger partial charge in [0.2, 0.25) is 0 Å². The molecule has 1 unspecified atom stereocenters. The average Bonchev–Trinajstić information content (AvgIpc) is 2.89. The van der Waals surface area contributed by atoms with E-state index in [0.29, 0.717) is 26.1 Å². The van der Waals surface area contributed by atoms with Crippen LogP contribution in [0.15, 0.2) is 0 Å². The van der Waals surface area contributed by atoms with Gasteiger partial charge in [-0.05, 0) is 40.0 Å². The third-order valence-electron chi connectivity index (χ3n) is 3.89. The van der Waals surface area contributed by atoms with Crippen molar-refractivity contribution < 1.29 is 28.9 Å². The zero-order chi connectivity index (χ0) is 17.5. The van der Waals surface area contributed by atoms with E-state index in [1.807, 2.05) is 6.92 Å². The van der Waals surface area contributed by atoms with E-state index in [9.17, 15) is 14.7 Å². The highest BCUT2D eigenvalue weighted by Gasteiger charge is 2.34. The van der Waals surface area contributed by atoms with Gasteiger partial charge in [0.15, 0.2) is 11.7 Å². The highest BCUT2D eigenvalue weighted by atomic mass is 16.7. The van der Waals surface area contributed by atoms with Crippen LogP contribution in [0.25, 0.3) is 0 Å². The molecule has 0 aromatic rings. The lowest BCUT2D eigenvalue weighted by Gasteiger charge is -2.26. The maximum atomic E-state index is 11.9. The molecular weight excluding hydrogens is 300 g/mol. The number of hydrogen-bond donors (Lipinski definition) is 1. The summed E-state index contributed by atoms with van der Waals surface area (Å²) in [5.74, 6) is -3.32. The summed E-state index contributed by atoms with van der Waals surface area (Å²) in [7, 11) is 0. The van der Waals surface area contributed by atoms with Gasteiger partial charge >= 0.3 is 11.9 Å². The van der Waals surface area contributed by atoms with Crippen molar-refractivity contribution in [3.63, 3.8) is 0 Å². The first kappa shape index (κ1) is 19.9. The molecule has 0 bridgehead atoms. The minimum Gasteiger partial charge on any atom is -0.481 e. The molecule has 0 amide bonds. The Hall–Kier alpha value is -1.14. The Morgan fingerprint density at radius 3 is 2.26 bits per heavy atom. The minimum absolute atomic E-state index is 0.297. The average molecular weight is 330 g/mol. The van der Waals surface area contributed by atoms with E-state index >= 15 is 0 Å². The van der Waals surface area contributed by atoms with Gasteiger partial charge in [-0.15, -0.1) is 0 Å². The molecule has 1 N–H and O–H groups in total. The van der Waals surface area contributed by atoms with Crippen LogP contribution in [0.2, 0.25) is 0 Å². The number of carboxylic acids is 1. The van der Waals surface area contributed by atoms with Crippen LogP contribution in [-0.2, 0) is 23.8 Å². The summed E-state index contributed by atoms with van der Waals surface area (Å²) in [5, 5.41) is 9.21. The Kier molecular flexibility index (Phi) is 7.48. The van der Waals surface area contributed by atoms with E-state index in [2.05, 4.69) is 0 Å². The lowest BCUT2D eigenvalue weighted by Crippen LogP contribution is -2.32. The Balaban J connectivity index is 2.33. The van der Waals surface area contributed by atoms with Crippen LogP contribution in [0.5, 0.6) is 0 Å². The molecule has 23 heavy (non-hydrogen) atoms. The summed E-state index contributed by atoms with van der Waals surface area (Å²) < 4.78 is 16.5. The van der Waals surface area contributed by atoms with Crippen LogP contribution >= 0.6 is 0 Å². The molecule has 6 heteroatoms. The first-order valence-electron chi connectivity index (χ1n) is 8.43. The monoisotopic (exact) mass is 330 g/mol. The van der Waals surface area contributed by atoms with Crippen LogP contribution in [0.4, 0.5) is 0 Å². The van der Waals surface area contributed by atoms with Gasteiger partial charge in [0.05, 0.1) is 13.2 Å². The molecule has 0 spiro atoms. The number of ether oxygens (including phenoxy) is 3. The number of rotatable bonds is 9. The van der Waals surface area contributed by atoms with Crippen molar-refractivity contribution in [2.24, 2.45) is 5.92 Å². The second-order valence-electron chi connectivity index (χ2n) is 6.98. The van der Waals surface area contributed by atoms with Crippen LogP contribution in [-0.4, -0.2) is 41.6 Å². The zero-order valence-electron chi connectivity index (χ0n) is 14.7. The third kappa shape index (κ3) is 6.87. The number of aliphatic carboxylic acids is 1. The van der Waals surface area contributed by atoms with Crippen molar-refractivity contribution in [3.8, 4) is 0 Å². The fourth-order valence-electron chi connectivity index (χ4n) is 2.66. The Bertz CT molecular complexity index is 392. The summed E-state index contributed by atoms with van der Waals surface area (Å²) >= 11 is 0. The molecular formula is C17H30O6. The second-order valence-corrected chi connectivity index (χ2v) is 6.98. The van der Waals surface area contributed by atoms with Gasteiger partial charge in [0.1, 0.15) is 5.60 Å². The molecule has 1 heterocycles. The second kappa shape index (κ2) is 8.64. The summed E-state index contributed by atoms with van der Waals surface area (Å²) in [6.45, 7) is 8.50. The van der Waals surface area contributed by atoms with Crippen molar-refractivity contribution in [2.75, 3.05) is 13.2 Å². The van der Waals surface area contributed by atoms with Crippen LogP contribution in [0, 0.1) is 5.92 Å². The SMILES string of the molecule is CCC1(CCCCCC(C(=O)O)C(=O)OC(C)(C)C)OCCO1. The van der Waals surface area contributed by atoms with Gasteiger partial charge < -0.3 is 19.3 Å². The molecule has 0 saturated carbocycles. The van der Waals surface area contributed by atoms with Crippen molar-refractivity contribution in [1.29, 1.82) is 0 Å². The topological polar surface area (TPSA) is 82.1 Å². The molecule has 0 aliphatic carbocycles. The molecule has 1 atom stereocenters. The lowest BCUT2D eigenvalue weighted by atomic mass is 9.98. The standard InChI is InChI=1S/C17H30O6/c1-5-17(21-11-12-22-17)10-8-6-7-9-13(14(18)19)15(20)23-16(2,3)4/h13H,5-12H2,1-4H3,(H,18,19). The van der Waals surface area contributed by atoms with Gasteiger partial charge in [-0.3, -0.25) is 9.59 Å². The number of carboxylic acid groups (broad SMARTS) is 1.